The molecule has 1 rings (SSSR count). The van der Waals surface area contributed by atoms with E-state index in [-0.39, 0.29) is 5.91 Å². The summed E-state index contributed by atoms with van der Waals surface area (Å²) >= 11 is 0. The Morgan fingerprint density at radius 1 is 1.60 bits per heavy atom. The number of hydrogen-bond acceptors (Lipinski definition) is 3. The molecule has 0 spiro atoms. The minimum absolute atomic E-state index is 0.0770. The molecule has 2 unspecified atom stereocenters. The highest BCUT2D eigenvalue weighted by atomic mass is 32.2. The second kappa shape index (κ2) is 5.07. The summed E-state index contributed by atoms with van der Waals surface area (Å²) in [5.74, 6) is 0.898. The van der Waals surface area contributed by atoms with E-state index < -0.39 is 16.3 Å². The molecule has 5 heteroatoms. The summed E-state index contributed by atoms with van der Waals surface area (Å²) in [7, 11) is -0.780. The number of amides is 1. The van der Waals surface area contributed by atoms with Crippen molar-refractivity contribution in [2.24, 2.45) is 11.7 Å². The molecule has 0 aromatic carbocycles. The fourth-order valence-electron chi connectivity index (χ4n) is 1.54. The number of carbonyl (C=O) groups excluding carboxylic acids is 1. The fourth-order valence-corrected chi connectivity index (χ4v) is 2.09. The first-order valence-electron chi connectivity index (χ1n) is 5.32. The Morgan fingerprint density at radius 3 is 2.67 bits per heavy atom. The molecule has 3 N–H and O–H groups in total. The van der Waals surface area contributed by atoms with Gasteiger partial charge in [-0.15, -0.1) is 0 Å². The summed E-state index contributed by atoms with van der Waals surface area (Å²) in [6.07, 6.45) is 4.52. The van der Waals surface area contributed by atoms with Gasteiger partial charge in [-0.25, -0.2) is 0 Å². The van der Waals surface area contributed by atoms with E-state index in [0.29, 0.717) is 18.2 Å². The van der Waals surface area contributed by atoms with E-state index in [4.69, 9.17) is 5.73 Å². The number of nitrogens with one attached hydrogen (secondary N) is 1. The summed E-state index contributed by atoms with van der Waals surface area (Å²) in [6.45, 7) is 2.36. The zero-order valence-electron chi connectivity index (χ0n) is 9.41. The predicted molar refractivity (Wildman–Crippen MR) is 61.9 cm³/mol. The smallest absolute Gasteiger partial charge is 0.240 e. The standard InChI is InChI=1S/C10H20N2O2S/c1-10(11,8-4-5-8)9(13)12-6-3-7-15(2)14/h8H,3-7,11H2,1-2H3,(H,12,13). The Morgan fingerprint density at radius 2 is 2.20 bits per heavy atom. The third kappa shape index (κ3) is 3.91. The van der Waals surface area contributed by atoms with Gasteiger partial charge in [0.15, 0.2) is 0 Å². The third-order valence-corrected chi connectivity index (χ3v) is 3.67. The molecule has 0 radical (unpaired) electrons. The van der Waals surface area contributed by atoms with Crippen LogP contribution in [0.15, 0.2) is 0 Å². The Hall–Kier alpha value is -0.420. The van der Waals surface area contributed by atoms with Gasteiger partial charge in [0.2, 0.25) is 5.91 Å². The van der Waals surface area contributed by atoms with Gasteiger partial charge in [-0.1, -0.05) is 0 Å². The minimum atomic E-state index is -0.780. The molecule has 88 valence electrons. The van der Waals surface area contributed by atoms with Crippen LogP contribution >= 0.6 is 0 Å². The molecule has 1 fully saturated rings. The lowest BCUT2D eigenvalue weighted by atomic mass is 9.96. The van der Waals surface area contributed by atoms with Gasteiger partial charge in [-0.3, -0.25) is 9.00 Å². The Kier molecular flexibility index (Phi) is 4.28. The SMILES string of the molecule is CS(=O)CCCNC(=O)C(C)(N)C1CC1. The van der Waals surface area contributed by atoms with E-state index in [1.807, 2.05) is 0 Å². The van der Waals surface area contributed by atoms with Crippen molar-refractivity contribution in [3.63, 3.8) is 0 Å². The van der Waals surface area contributed by atoms with Crippen LogP contribution in [0.4, 0.5) is 0 Å². The van der Waals surface area contributed by atoms with Crippen LogP contribution in [0.3, 0.4) is 0 Å². The molecule has 0 aromatic rings. The zero-order chi connectivity index (χ0) is 11.5. The molecule has 0 heterocycles. The lowest BCUT2D eigenvalue weighted by molar-refractivity contribution is -0.126. The molecular formula is C10H20N2O2S. The average Bonchev–Trinajstić information content (AvgIpc) is 2.94. The van der Waals surface area contributed by atoms with Crippen molar-refractivity contribution in [3.05, 3.63) is 0 Å². The van der Waals surface area contributed by atoms with Crippen LogP contribution in [0.1, 0.15) is 26.2 Å². The van der Waals surface area contributed by atoms with E-state index in [1.54, 1.807) is 13.2 Å². The second-order valence-electron chi connectivity index (χ2n) is 4.44. The van der Waals surface area contributed by atoms with Crippen LogP contribution < -0.4 is 11.1 Å². The molecule has 0 saturated heterocycles. The highest BCUT2D eigenvalue weighted by Crippen LogP contribution is 2.37. The third-order valence-electron chi connectivity index (χ3n) is 2.81. The molecule has 2 atom stereocenters. The number of nitrogens with two attached hydrogens (primary N) is 1. The number of rotatable bonds is 6. The molecule has 1 aliphatic carbocycles. The summed E-state index contributed by atoms with van der Waals surface area (Å²) in [4.78, 5) is 11.7. The lowest BCUT2D eigenvalue weighted by Gasteiger charge is -2.22. The van der Waals surface area contributed by atoms with Gasteiger partial charge in [-0.05, 0) is 32.1 Å². The highest BCUT2D eigenvalue weighted by molar-refractivity contribution is 7.84. The first kappa shape index (κ1) is 12.6. The average molecular weight is 232 g/mol. The molecule has 1 aliphatic rings. The van der Waals surface area contributed by atoms with Crippen LogP contribution in [-0.4, -0.2) is 34.2 Å². The van der Waals surface area contributed by atoms with Crippen molar-refractivity contribution in [3.8, 4) is 0 Å². The van der Waals surface area contributed by atoms with Crippen molar-refractivity contribution >= 4 is 16.7 Å². The van der Waals surface area contributed by atoms with Crippen molar-refractivity contribution in [2.45, 2.75) is 31.7 Å². The highest BCUT2D eigenvalue weighted by Gasteiger charge is 2.43. The molecular weight excluding hydrogens is 212 g/mol. The molecule has 0 bridgehead atoms. The maximum atomic E-state index is 11.7. The number of carbonyl (C=O) groups is 1. The van der Waals surface area contributed by atoms with E-state index in [0.717, 1.165) is 19.3 Å². The number of hydrogen-bond donors (Lipinski definition) is 2. The van der Waals surface area contributed by atoms with Gasteiger partial charge in [0.05, 0.1) is 5.54 Å². The van der Waals surface area contributed by atoms with Crippen LogP contribution in [0.2, 0.25) is 0 Å². The van der Waals surface area contributed by atoms with Gasteiger partial charge in [0, 0.05) is 29.4 Å². The molecule has 1 amide bonds. The minimum Gasteiger partial charge on any atom is -0.354 e. The van der Waals surface area contributed by atoms with Crippen LogP contribution in [0.25, 0.3) is 0 Å². The molecule has 1 saturated carbocycles. The van der Waals surface area contributed by atoms with Gasteiger partial charge in [0.1, 0.15) is 0 Å². The van der Waals surface area contributed by atoms with Crippen LogP contribution in [0, 0.1) is 5.92 Å². The predicted octanol–water partition coefficient (Wildman–Crippen LogP) is -0.00140. The topological polar surface area (TPSA) is 72.2 Å². The lowest BCUT2D eigenvalue weighted by Crippen LogP contribution is -2.53. The van der Waals surface area contributed by atoms with Gasteiger partial charge in [-0.2, -0.15) is 0 Å². The second-order valence-corrected chi connectivity index (χ2v) is 6.00. The largest absolute Gasteiger partial charge is 0.354 e. The van der Waals surface area contributed by atoms with E-state index in [9.17, 15) is 9.00 Å². The van der Waals surface area contributed by atoms with E-state index in [1.165, 1.54) is 0 Å². The first-order chi connectivity index (χ1) is 6.94. The van der Waals surface area contributed by atoms with E-state index >= 15 is 0 Å². The fraction of sp³-hybridized carbons (Fsp3) is 0.900. The maximum Gasteiger partial charge on any atom is 0.240 e. The van der Waals surface area contributed by atoms with Gasteiger partial charge >= 0.3 is 0 Å². The zero-order valence-corrected chi connectivity index (χ0v) is 10.2. The van der Waals surface area contributed by atoms with Gasteiger partial charge < -0.3 is 11.1 Å². The summed E-state index contributed by atoms with van der Waals surface area (Å²) in [5, 5.41) is 2.80. The van der Waals surface area contributed by atoms with Crippen molar-refractivity contribution in [2.75, 3.05) is 18.6 Å². The normalized spacial score (nSPS) is 21.8. The van der Waals surface area contributed by atoms with Crippen molar-refractivity contribution < 1.29 is 9.00 Å². The van der Waals surface area contributed by atoms with Crippen LogP contribution in [-0.2, 0) is 15.6 Å². The summed E-state index contributed by atoms with van der Waals surface area (Å²) in [6, 6.07) is 0. The monoisotopic (exact) mass is 232 g/mol. The Balaban J connectivity index is 2.20. The molecule has 15 heavy (non-hydrogen) atoms. The van der Waals surface area contributed by atoms with Crippen molar-refractivity contribution in [1.82, 2.24) is 5.32 Å². The Labute approximate surface area is 93.4 Å². The molecule has 4 nitrogen and oxygen atoms in total. The summed E-state index contributed by atoms with van der Waals surface area (Å²) in [5.41, 5.74) is 5.22. The summed E-state index contributed by atoms with van der Waals surface area (Å²) < 4.78 is 10.8. The Bertz CT molecular complexity index is 262. The first-order valence-corrected chi connectivity index (χ1v) is 7.04. The van der Waals surface area contributed by atoms with E-state index in [2.05, 4.69) is 5.32 Å². The molecule has 0 aromatic heterocycles. The van der Waals surface area contributed by atoms with Gasteiger partial charge in [0.25, 0.3) is 0 Å². The van der Waals surface area contributed by atoms with Crippen LogP contribution in [0.5, 0.6) is 0 Å². The quantitative estimate of drug-likeness (QED) is 0.633. The maximum absolute atomic E-state index is 11.7. The molecule has 0 aliphatic heterocycles. The van der Waals surface area contributed by atoms with Crippen molar-refractivity contribution in [1.29, 1.82) is 0 Å².